The van der Waals surface area contributed by atoms with Gasteiger partial charge in [-0.3, -0.25) is 0 Å². The van der Waals surface area contributed by atoms with Crippen molar-refractivity contribution >= 4 is 0 Å². The average Bonchev–Trinajstić information content (AvgIpc) is 2.04. The van der Waals surface area contributed by atoms with E-state index in [-0.39, 0.29) is 0 Å². The van der Waals surface area contributed by atoms with Gasteiger partial charge in [-0.05, 0) is 19.4 Å². The van der Waals surface area contributed by atoms with Crippen LogP contribution >= 0.6 is 0 Å². The Labute approximate surface area is 69.4 Å². The lowest BCUT2D eigenvalue weighted by Crippen LogP contribution is -2.33. The van der Waals surface area contributed by atoms with Crippen molar-refractivity contribution < 1.29 is 0 Å². The molecular formula is C9H18N2. The molecule has 0 aromatic carbocycles. The normalized spacial score (nSPS) is 16.2. The fourth-order valence-corrected chi connectivity index (χ4v) is 0.775. The summed E-state index contributed by atoms with van der Waals surface area (Å²) in [5.41, 5.74) is 3.48. The van der Waals surface area contributed by atoms with Crippen LogP contribution in [-0.2, 0) is 0 Å². The molecule has 2 heteroatoms. The molecule has 2 N–H and O–H groups in total. The molecule has 1 aliphatic rings. The van der Waals surface area contributed by atoms with Gasteiger partial charge in [0.1, 0.15) is 0 Å². The van der Waals surface area contributed by atoms with E-state index in [0.29, 0.717) is 0 Å². The fourth-order valence-electron chi connectivity index (χ4n) is 0.775. The Morgan fingerprint density at radius 1 is 1.18 bits per heavy atom. The minimum absolute atomic E-state index is 0.808. The summed E-state index contributed by atoms with van der Waals surface area (Å²) in [5.74, 6) is 0. The topological polar surface area (TPSA) is 24.1 Å². The third-order valence-corrected chi connectivity index (χ3v) is 1.67. The van der Waals surface area contributed by atoms with Crippen molar-refractivity contribution in [2.45, 2.75) is 27.7 Å². The molecule has 0 bridgehead atoms. The van der Waals surface area contributed by atoms with Crippen LogP contribution in [0.3, 0.4) is 0 Å². The van der Waals surface area contributed by atoms with E-state index in [1.165, 1.54) is 11.3 Å². The van der Waals surface area contributed by atoms with Gasteiger partial charge in [0.2, 0.25) is 0 Å². The monoisotopic (exact) mass is 154 g/mol. The van der Waals surface area contributed by atoms with Gasteiger partial charge in [-0.25, -0.2) is 0 Å². The minimum Gasteiger partial charge on any atom is -0.371 e. The Bertz CT molecular complexity index is 168. The van der Waals surface area contributed by atoms with E-state index in [9.17, 15) is 0 Å². The maximum absolute atomic E-state index is 3.84. The molecule has 0 fully saturated rings. The van der Waals surface area contributed by atoms with E-state index in [1.807, 2.05) is 13.8 Å². The number of hydrogen-bond donors (Lipinski definition) is 2. The Hall–Kier alpha value is -0.920. The maximum Gasteiger partial charge on any atom is 0.0846 e. The molecule has 0 saturated heterocycles. The molecule has 0 atom stereocenters. The standard InChI is InChI=1S/C7H12N2.C2H6/c1-5-6(2)8-4-9-7(5)3;1-2/h8-9H,2,4H2,1,3H3;1-2H3. The highest BCUT2D eigenvalue weighted by Gasteiger charge is 2.04. The number of nitrogens with one attached hydrogen (secondary N) is 2. The van der Waals surface area contributed by atoms with Crippen LogP contribution in [0.1, 0.15) is 27.7 Å². The van der Waals surface area contributed by atoms with Crippen LogP contribution in [0.25, 0.3) is 0 Å². The summed E-state index contributed by atoms with van der Waals surface area (Å²) in [6, 6.07) is 0. The zero-order chi connectivity index (χ0) is 8.85. The van der Waals surface area contributed by atoms with Crippen LogP contribution < -0.4 is 10.6 Å². The SMILES string of the molecule is C=C1NCNC(C)=C1C.CC. The number of rotatable bonds is 0. The Balaban J connectivity index is 0.000000461. The van der Waals surface area contributed by atoms with Gasteiger partial charge in [-0.15, -0.1) is 0 Å². The van der Waals surface area contributed by atoms with Gasteiger partial charge in [-0.1, -0.05) is 20.4 Å². The highest BCUT2D eigenvalue weighted by atomic mass is 15.1. The first-order chi connectivity index (χ1) is 5.22. The van der Waals surface area contributed by atoms with Gasteiger partial charge in [0.05, 0.1) is 6.67 Å². The molecule has 2 nitrogen and oxygen atoms in total. The minimum atomic E-state index is 0.808. The lowest BCUT2D eigenvalue weighted by atomic mass is 10.1. The second-order valence-corrected chi connectivity index (χ2v) is 2.26. The van der Waals surface area contributed by atoms with E-state index in [0.717, 1.165) is 12.4 Å². The zero-order valence-corrected chi connectivity index (χ0v) is 7.91. The second-order valence-electron chi connectivity index (χ2n) is 2.26. The van der Waals surface area contributed by atoms with Crippen molar-refractivity contribution in [3.8, 4) is 0 Å². The lowest BCUT2D eigenvalue weighted by Gasteiger charge is -2.20. The third-order valence-electron chi connectivity index (χ3n) is 1.67. The molecule has 1 aliphatic heterocycles. The van der Waals surface area contributed by atoms with Gasteiger partial charge < -0.3 is 10.6 Å². The van der Waals surface area contributed by atoms with Crippen molar-refractivity contribution in [3.05, 3.63) is 23.5 Å². The molecule has 11 heavy (non-hydrogen) atoms. The van der Waals surface area contributed by atoms with Crippen LogP contribution in [0, 0.1) is 0 Å². The van der Waals surface area contributed by atoms with Gasteiger partial charge >= 0.3 is 0 Å². The summed E-state index contributed by atoms with van der Waals surface area (Å²) in [4.78, 5) is 0. The predicted molar refractivity (Wildman–Crippen MR) is 50.0 cm³/mol. The second kappa shape index (κ2) is 4.83. The van der Waals surface area contributed by atoms with Crippen molar-refractivity contribution in [2.24, 2.45) is 0 Å². The summed E-state index contributed by atoms with van der Waals surface area (Å²) < 4.78 is 0. The molecule has 0 aromatic rings. The van der Waals surface area contributed by atoms with Crippen molar-refractivity contribution in [3.63, 3.8) is 0 Å². The van der Waals surface area contributed by atoms with Crippen molar-refractivity contribution in [1.82, 2.24) is 10.6 Å². The number of hydrogen-bond acceptors (Lipinski definition) is 2. The zero-order valence-electron chi connectivity index (χ0n) is 7.91. The molecule has 0 saturated carbocycles. The van der Waals surface area contributed by atoms with Gasteiger partial charge in [0, 0.05) is 11.4 Å². The van der Waals surface area contributed by atoms with Crippen LogP contribution in [0.15, 0.2) is 23.5 Å². The molecule has 0 unspecified atom stereocenters. The molecule has 0 amide bonds. The first-order valence-electron chi connectivity index (χ1n) is 4.06. The molecule has 64 valence electrons. The lowest BCUT2D eigenvalue weighted by molar-refractivity contribution is 0.671. The predicted octanol–water partition coefficient (Wildman–Crippen LogP) is 1.97. The Morgan fingerprint density at radius 2 is 1.73 bits per heavy atom. The molecule has 0 aliphatic carbocycles. The average molecular weight is 154 g/mol. The summed E-state index contributed by atoms with van der Waals surface area (Å²) in [5, 5.41) is 6.27. The van der Waals surface area contributed by atoms with Gasteiger partial charge in [0.25, 0.3) is 0 Å². The third kappa shape index (κ3) is 2.66. The molecule has 1 rings (SSSR count). The molecule has 0 radical (unpaired) electrons. The maximum atomic E-state index is 3.84. The van der Waals surface area contributed by atoms with Crippen LogP contribution in [-0.4, -0.2) is 6.67 Å². The van der Waals surface area contributed by atoms with E-state index in [4.69, 9.17) is 0 Å². The molecule has 1 heterocycles. The Morgan fingerprint density at radius 3 is 2.09 bits per heavy atom. The summed E-state index contributed by atoms with van der Waals surface area (Å²) >= 11 is 0. The van der Waals surface area contributed by atoms with E-state index in [2.05, 4.69) is 31.1 Å². The molecule has 0 spiro atoms. The largest absolute Gasteiger partial charge is 0.371 e. The smallest absolute Gasteiger partial charge is 0.0846 e. The highest BCUT2D eigenvalue weighted by Crippen LogP contribution is 2.09. The highest BCUT2D eigenvalue weighted by molar-refractivity contribution is 5.30. The fraction of sp³-hybridized carbons (Fsp3) is 0.556. The quantitative estimate of drug-likeness (QED) is 0.557. The number of allylic oxidation sites excluding steroid dienone is 2. The summed E-state index contributed by atoms with van der Waals surface area (Å²) in [6.07, 6.45) is 0. The van der Waals surface area contributed by atoms with Crippen LogP contribution in [0.5, 0.6) is 0 Å². The molecule has 0 aromatic heterocycles. The first-order valence-corrected chi connectivity index (χ1v) is 4.06. The molecular weight excluding hydrogens is 136 g/mol. The van der Waals surface area contributed by atoms with E-state index >= 15 is 0 Å². The first kappa shape index (κ1) is 10.1. The van der Waals surface area contributed by atoms with Crippen LogP contribution in [0.4, 0.5) is 0 Å². The van der Waals surface area contributed by atoms with Crippen LogP contribution in [0.2, 0.25) is 0 Å². The summed E-state index contributed by atoms with van der Waals surface area (Å²) in [7, 11) is 0. The van der Waals surface area contributed by atoms with Gasteiger partial charge in [0.15, 0.2) is 0 Å². The van der Waals surface area contributed by atoms with E-state index in [1.54, 1.807) is 0 Å². The Kier molecular flexibility index (Phi) is 4.42. The van der Waals surface area contributed by atoms with E-state index < -0.39 is 0 Å². The van der Waals surface area contributed by atoms with Gasteiger partial charge in [-0.2, -0.15) is 0 Å². The van der Waals surface area contributed by atoms with Crippen molar-refractivity contribution in [2.75, 3.05) is 6.67 Å². The summed E-state index contributed by atoms with van der Waals surface area (Å²) in [6.45, 7) is 12.8. The van der Waals surface area contributed by atoms with Crippen molar-refractivity contribution in [1.29, 1.82) is 0 Å².